The Morgan fingerprint density at radius 3 is 2.68 bits per heavy atom. The average Bonchev–Trinajstić information content (AvgIpc) is 2.99. The van der Waals surface area contributed by atoms with Gasteiger partial charge in [0.2, 0.25) is 0 Å². The van der Waals surface area contributed by atoms with Gasteiger partial charge in [0.1, 0.15) is 5.60 Å². The van der Waals surface area contributed by atoms with E-state index in [2.05, 4.69) is 18.9 Å². The molecule has 1 saturated carbocycles. The third kappa shape index (κ3) is 3.06. The van der Waals surface area contributed by atoms with Crippen molar-refractivity contribution in [3.8, 4) is 0 Å². The van der Waals surface area contributed by atoms with E-state index in [1.807, 2.05) is 23.9 Å². The van der Waals surface area contributed by atoms with Gasteiger partial charge in [0, 0.05) is 18.8 Å². The van der Waals surface area contributed by atoms with Gasteiger partial charge in [-0.15, -0.1) is 0 Å². The number of rotatable bonds is 6. The molecule has 4 heteroatoms. The van der Waals surface area contributed by atoms with Crippen molar-refractivity contribution in [2.24, 2.45) is 0 Å². The maximum atomic E-state index is 12.5. The Bertz CT molecular complexity index is 431. The summed E-state index contributed by atoms with van der Waals surface area (Å²) in [5, 5.41) is 4.45. The van der Waals surface area contributed by atoms with E-state index in [1.165, 1.54) is 0 Å². The second-order valence-corrected chi connectivity index (χ2v) is 5.62. The summed E-state index contributed by atoms with van der Waals surface area (Å²) in [6, 6.07) is 2.27. The molecule has 0 saturated heterocycles. The van der Waals surface area contributed by atoms with Crippen molar-refractivity contribution < 1.29 is 9.53 Å². The third-order valence-electron chi connectivity index (χ3n) is 3.87. The predicted molar refractivity (Wildman–Crippen MR) is 74.1 cm³/mol. The molecule has 4 nitrogen and oxygen atoms in total. The van der Waals surface area contributed by atoms with Crippen LogP contribution in [0.3, 0.4) is 0 Å². The number of ether oxygens (including phenoxy) is 1. The van der Waals surface area contributed by atoms with E-state index in [0.717, 1.165) is 31.4 Å². The molecule has 1 aromatic rings. The predicted octanol–water partition coefficient (Wildman–Crippen LogP) is 2.92. The highest BCUT2D eigenvalue weighted by atomic mass is 16.5. The zero-order chi connectivity index (χ0) is 13.9. The maximum absolute atomic E-state index is 12.5. The Hall–Kier alpha value is -1.16. The molecule has 1 aliphatic rings. The lowest BCUT2D eigenvalue weighted by molar-refractivity contribution is -0.142. The monoisotopic (exact) mass is 264 g/mol. The Kier molecular flexibility index (Phi) is 4.40. The normalized spacial score (nSPS) is 18.1. The minimum absolute atomic E-state index is 0.195. The van der Waals surface area contributed by atoms with E-state index in [4.69, 9.17) is 4.74 Å². The maximum Gasteiger partial charge on any atom is 0.170 e. The molecule has 0 unspecified atom stereocenters. The molecule has 106 valence electrons. The summed E-state index contributed by atoms with van der Waals surface area (Å²) in [6.45, 7) is 6.72. The van der Waals surface area contributed by atoms with E-state index >= 15 is 0 Å². The molecule has 0 spiro atoms. The molecule has 1 heterocycles. The molecule has 0 amide bonds. The summed E-state index contributed by atoms with van der Waals surface area (Å²) >= 11 is 0. The second kappa shape index (κ2) is 5.87. The standard InChI is InChI=1S/C15H24N2O2/c1-4-19-15(8-5-6-9-15)14(18)11-13-7-10-17(16-13)12(2)3/h7,10,12H,4-6,8-9,11H2,1-3H3. The number of hydrogen-bond acceptors (Lipinski definition) is 3. The van der Waals surface area contributed by atoms with Gasteiger partial charge in [-0.1, -0.05) is 0 Å². The molecule has 0 N–H and O–H groups in total. The molecule has 0 atom stereocenters. The fourth-order valence-corrected chi connectivity index (χ4v) is 2.81. The van der Waals surface area contributed by atoms with Crippen LogP contribution in [0.25, 0.3) is 0 Å². The smallest absolute Gasteiger partial charge is 0.170 e. The van der Waals surface area contributed by atoms with Crippen molar-refractivity contribution in [1.29, 1.82) is 0 Å². The largest absolute Gasteiger partial charge is 0.367 e. The Morgan fingerprint density at radius 1 is 1.47 bits per heavy atom. The Labute approximate surface area is 115 Å². The Balaban J connectivity index is 2.06. The highest BCUT2D eigenvalue weighted by Crippen LogP contribution is 2.34. The molecule has 0 radical (unpaired) electrons. The van der Waals surface area contributed by atoms with E-state index < -0.39 is 5.60 Å². The van der Waals surface area contributed by atoms with Crippen LogP contribution < -0.4 is 0 Å². The molecule has 2 rings (SSSR count). The van der Waals surface area contributed by atoms with Crippen LogP contribution in [-0.2, 0) is 16.0 Å². The van der Waals surface area contributed by atoms with E-state index in [9.17, 15) is 4.79 Å². The van der Waals surface area contributed by atoms with Gasteiger partial charge >= 0.3 is 0 Å². The summed E-state index contributed by atoms with van der Waals surface area (Å²) in [5.74, 6) is 0.195. The van der Waals surface area contributed by atoms with Crippen LogP contribution in [0.2, 0.25) is 0 Å². The summed E-state index contributed by atoms with van der Waals surface area (Å²) in [6.07, 6.45) is 6.24. The molecule has 1 aromatic heterocycles. The third-order valence-corrected chi connectivity index (χ3v) is 3.87. The van der Waals surface area contributed by atoms with Gasteiger partial charge in [0.25, 0.3) is 0 Å². The van der Waals surface area contributed by atoms with Crippen LogP contribution in [0.15, 0.2) is 12.3 Å². The van der Waals surface area contributed by atoms with Gasteiger partial charge in [-0.25, -0.2) is 0 Å². The molecular weight excluding hydrogens is 240 g/mol. The van der Waals surface area contributed by atoms with Crippen LogP contribution in [0.1, 0.15) is 58.2 Å². The number of carbonyl (C=O) groups is 1. The molecule has 1 fully saturated rings. The van der Waals surface area contributed by atoms with Crippen LogP contribution in [0.4, 0.5) is 0 Å². The number of aromatic nitrogens is 2. The second-order valence-electron chi connectivity index (χ2n) is 5.62. The van der Waals surface area contributed by atoms with E-state index in [1.54, 1.807) is 0 Å². The lowest BCUT2D eigenvalue weighted by Crippen LogP contribution is -2.40. The topological polar surface area (TPSA) is 44.1 Å². The van der Waals surface area contributed by atoms with Crippen LogP contribution in [0.5, 0.6) is 0 Å². The lowest BCUT2D eigenvalue weighted by Gasteiger charge is -2.27. The summed E-state index contributed by atoms with van der Waals surface area (Å²) < 4.78 is 7.69. The zero-order valence-corrected chi connectivity index (χ0v) is 12.2. The van der Waals surface area contributed by atoms with Gasteiger partial charge in [-0.2, -0.15) is 5.10 Å². The van der Waals surface area contributed by atoms with Crippen LogP contribution in [0, 0.1) is 0 Å². The van der Waals surface area contributed by atoms with Crippen LogP contribution >= 0.6 is 0 Å². The first-order valence-corrected chi connectivity index (χ1v) is 7.28. The van der Waals surface area contributed by atoms with Gasteiger partial charge < -0.3 is 4.74 Å². The molecule has 0 aromatic carbocycles. The number of carbonyl (C=O) groups excluding carboxylic acids is 1. The van der Waals surface area contributed by atoms with Crippen molar-refractivity contribution in [1.82, 2.24) is 9.78 Å². The SMILES string of the molecule is CCOC1(C(=O)Cc2ccn(C(C)C)n2)CCCC1. The first-order valence-electron chi connectivity index (χ1n) is 7.28. The van der Waals surface area contributed by atoms with Crippen molar-refractivity contribution >= 4 is 5.78 Å². The molecule has 0 bridgehead atoms. The zero-order valence-electron chi connectivity index (χ0n) is 12.2. The number of ketones is 1. The summed E-state index contributed by atoms with van der Waals surface area (Å²) in [4.78, 5) is 12.5. The van der Waals surface area contributed by atoms with E-state index in [0.29, 0.717) is 19.1 Å². The van der Waals surface area contributed by atoms with Gasteiger partial charge in [0.05, 0.1) is 12.1 Å². The minimum atomic E-state index is -0.531. The number of nitrogens with zero attached hydrogens (tertiary/aromatic N) is 2. The summed E-state index contributed by atoms with van der Waals surface area (Å²) in [5.41, 5.74) is 0.320. The quantitative estimate of drug-likeness (QED) is 0.793. The fraction of sp³-hybridized carbons (Fsp3) is 0.733. The van der Waals surface area contributed by atoms with Crippen molar-refractivity contribution in [3.05, 3.63) is 18.0 Å². The molecule has 19 heavy (non-hydrogen) atoms. The first kappa shape index (κ1) is 14.3. The first-order chi connectivity index (χ1) is 9.07. The van der Waals surface area contributed by atoms with Crippen LogP contribution in [-0.4, -0.2) is 27.8 Å². The Morgan fingerprint density at radius 2 is 2.16 bits per heavy atom. The van der Waals surface area contributed by atoms with Gasteiger partial charge in [0.15, 0.2) is 5.78 Å². The van der Waals surface area contributed by atoms with Gasteiger partial charge in [-0.3, -0.25) is 9.48 Å². The van der Waals surface area contributed by atoms with E-state index in [-0.39, 0.29) is 5.78 Å². The molecule has 1 aliphatic carbocycles. The van der Waals surface area contributed by atoms with Crippen molar-refractivity contribution in [2.75, 3.05) is 6.61 Å². The molecular formula is C15H24N2O2. The number of hydrogen-bond donors (Lipinski definition) is 0. The average molecular weight is 264 g/mol. The van der Waals surface area contributed by atoms with Gasteiger partial charge in [-0.05, 0) is 52.5 Å². The fourth-order valence-electron chi connectivity index (χ4n) is 2.81. The molecule has 0 aliphatic heterocycles. The van der Waals surface area contributed by atoms with Crippen molar-refractivity contribution in [2.45, 2.75) is 64.5 Å². The lowest BCUT2D eigenvalue weighted by atomic mass is 9.93. The number of Topliss-reactive ketones (excluding diaryl/α,β-unsaturated/α-hetero) is 1. The van der Waals surface area contributed by atoms with Crippen molar-refractivity contribution in [3.63, 3.8) is 0 Å². The summed E-state index contributed by atoms with van der Waals surface area (Å²) in [7, 11) is 0. The highest BCUT2D eigenvalue weighted by molar-refractivity contribution is 5.89. The highest BCUT2D eigenvalue weighted by Gasteiger charge is 2.41. The minimum Gasteiger partial charge on any atom is -0.367 e.